The molecule has 3 aliphatic heterocycles. The molecule has 13 heteroatoms. The van der Waals surface area contributed by atoms with Crippen molar-refractivity contribution in [3.05, 3.63) is 47.2 Å². The predicted octanol–water partition coefficient (Wildman–Crippen LogP) is 2.01. The number of aromatic nitrogens is 3. The maximum absolute atomic E-state index is 14.1. The number of amides is 1. The summed E-state index contributed by atoms with van der Waals surface area (Å²) in [4.78, 5) is 25.4. The number of sulfonamides is 1. The fourth-order valence-electron chi connectivity index (χ4n) is 5.97. The van der Waals surface area contributed by atoms with Crippen molar-refractivity contribution in [2.45, 2.75) is 38.8 Å². The summed E-state index contributed by atoms with van der Waals surface area (Å²) in [5, 5.41) is 5.04. The van der Waals surface area contributed by atoms with Gasteiger partial charge in [0.25, 0.3) is 5.91 Å². The van der Waals surface area contributed by atoms with Gasteiger partial charge in [-0.2, -0.15) is 9.61 Å². The highest BCUT2D eigenvalue weighted by atomic mass is 32.2. The van der Waals surface area contributed by atoms with Crippen LogP contribution in [0.3, 0.4) is 0 Å². The standard InChI is InChI=1S/C28H38N8O4S/c1-18-4-6-22(32-41(3,38)39)21(12-18)28(37)35-15-19(2)5-7-24(35)23-13-26-30-25(34-16-20(29)17-34)14-27(36(26)31-23)33-8-10-40-11-9-33/h4,6,12-14,19-20,24,32H,5,7-11,15-17,29H2,1-3H3. The minimum absolute atomic E-state index is 0.146. The minimum Gasteiger partial charge on any atom is -0.378 e. The van der Waals surface area contributed by atoms with Gasteiger partial charge in [-0.3, -0.25) is 9.52 Å². The number of morpholine rings is 1. The number of hydrogen-bond donors (Lipinski definition) is 2. The highest BCUT2D eigenvalue weighted by Crippen LogP contribution is 2.36. The minimum atomic E-state index is -3.57. The second-order valence-electron chi connectivity index (χ2n) is 11.7. The van der Waals surface area contributed by atoms with Gasteiger partial charge in [0.05, 0.1) is 42.5 Å². The van der Waals surface area contributed by atoms with Gasteiger partial charge < -0.3 is 25.2 Å². The summed E-state index contributed by atoms with van der Waals surface area (Å²) in [6.45, 7) is 8.88. The van der Waals surface area contributed by atoms with E-state index in [1.807, 2.05) is 22.4 Å². The molecule has 3 saturated heterocycles. The van der Waals surface area contributed by atoms with E-state index in [0.717, 1.165) is 73.8 Å². The van der Waals surface area contributed by atoms with Gasteiger partial charge in [0, 0.05) is 50.9 Å². The van der Waals surface area contributed by atoms with Crippen LogP contribution in [0.1, 0.15) is 47.4 Å². The number of hydrogen-bond acceptors (Lipinski definition) is 9. The number of fused-ring (bicyclic) bond motifs is 1. The third-order valence-electron chi connectivity index (χ3n) is 8.10. The topological polar surface area (TPSA) is 138 Å². The zero-order valence-corrected chi connectivity index (χ0v) is 24.6. The average molecular weight is 583 g/mol. The lowest BCUT2D eigenvalue weighted by Gasteiger charge is -2.38. The van der Waals surface area contributed by atoms with Crippen LogP contribution in [0.2, 0.25) is 0 Å². The van der Waals surface area contributed by atoms with Gasteiger partial charge in [-0.25, -0.2) is 13.4 Å². The molecular weight excluding hydrogens is 544 g/mol. The smallest absolute Gasteiger partial charge is 0.256 e. The van der Waals surface area contributed by atoms with E-state index in [0.29, 0.717) is 31.2 Å². The number of carbonyl (C=O) groups excluding carboxylic acids is 1. The van der Waals surface area contributed by atoms with Crippen molar-refractivity contribution in [2.75, 3.05) is 66.7 Å². The fourth-order valence-corrected chi connectivity index (χ4v) is 6.55. The summed E-state index contributed by atoms with van der Waals surface area (Å²) in [5.74, 6) is 1.90. The predicted molar refractivity (Wildman–Crippen MR) is 158 cm³/mol. The number of nitrogens with zero attached hydrogens (tertiary/aromatic N) is 6. The Balaban J connectivity index is 1.40. The lowest BCUT2D eigenvalue weighted by atomic mass is 9.91. The van der Waals surface area contributed by atoms with Crippen molar-refractivity contribution in [3.63, 3.8) is 0 Å². The first-order chi connectivity index (χ1) is 19.6. The molecule has 6 rings (SSSR count). The number of rotatable bonds is 6. The van der Waals surface area contributed by atoms with Gasteiger partial charge in [0.2, 0.25) is 10.0 Å². The summed E-state index contributed by atoms with van der Waals surface area (Å²) < 4.78 is 34.2. The van der Waals surface area contributed by atoms with E-state index >= 15 is 0 Å². The molecule has 12 nitrogen and oxygen atoms in total. The molecular formula is C28H38N8O4S. The number of carbonyl (C=O) groups is 1. The first-order valence-corrected chi connectivity index (χ1v) is 16.1. The molecule has 220 valence electrons. The molecule has 0 radical (unpaired) electrons. The van der Waals surface area contributed by atoms with Crippen LogP contribution in [0.4, 0.5) is 17.3 Å². The lowest BCUT2D eigenvalue weighted by Crippen LogP contribution is -2.56. The van der Waals surface area contributed by atoms with Crippen molar-refractivity contribution >= 4 is 38.9 Å². The fraction of sp³-hybridized carbons (Fsp3) is 0.536. The number of benzene rings is 1. The van der Waals surface area contributed by atoms with E-state index in [9.17, 15) is 13.2 Å². The van der Waals surface area contributed by atoms with Crippen LogP contribution in [-0.2, 0) is 14.8 Å². The molecule has 0 aliphatic carbocycles. The van der Waals surface area contributed by atoms with Crippen LogP contribution in [0.15, 0.2) is 30.3 Å². The van der Waals surface area contributed by atoms with Crippen molar-refractivity contribution in [3.8, 4) is 0 Å². The van der Waals surface area contributed by atoms with Crippen LogP contribution in [0.5, 0.6) is 0 Å². The Morgan fingerprint density at radius 3 is 2.54 bits per heavy atom. The molecule has 3 N–H and O–H groups in total. The summed E-state index contributed by atoms with van der Waals surface area (Å²) >= 11 is 0. The Labute approximate surface area is 240 Å². The Bertz CT molecular complexity index is 1560. The molecule has 2 atom stereocenters. The first kappa shape index (κ1) is 27.7. The number of aryl methyl sites for hydroxylation is 1. The van der Waals surface area contributed by atoms with Gasteiger partial charge in [0.1, 0.15) is 11.6 Å². The van der Waals surface area contributed by atoms with Gasteiger partial charge >= 0.3 is 0 Å². The molecule has 1 aromatic carbocycles. The van der Waals surface area contributed by atoms with E-state index in [-0.39, 0.29) is 23.7 Å². The van der Waals surface area contributed by atoms with E-state index in [4.69, 9.17) is 20.6 Å². The van der Waals surface area contributed by atoms with E-state index < -0.39 is 10.0 Å². The monoisotopic (exact) mass is 582 g/mol. The summed E-state index contributed by atoms with van der Waals surface area (Å²) in [7, 11) is -3.57. The van der Waals surface area contributed by atoms with E-state index in [1.54, 1.807) is 18.2 Å². The van der Waals surface area contributed by atoms with E-state index in [1.165, 1.54) is 0 Å². The average Bonchev–Trinajstić information content (AvgIpc) is 3.35. The molecule has 3 aliphatic rings. The normalized spacial score (nSPS) is 22.2. The lowest BCUT2D eigenvalue weighted by molar-refractivity contribution is 0.0538. The Morgan fingerprint density at radius 2 is 1.83 bits per heavy atom. The maximum atomic E-state index is 14.1. The van der Waals surface area contributed by atoms with Crippen molar-refractivity contribution in [1.29, 1.82) is 0 Å². The molecule has 3 aromatic rings. The molecule has 0 spiro atoms. The van der Waals surface area contributed by atoms with Crippen molar-refractivity contribution in [1.82, 2.24) is 19.5 Å². The summed E-state index contributed by atoms with van der Waals surface area (Å²) in [6.07, 6.45) is 2.79. The molecule has 2 aromatic heterocycles. The Morgan fingerprint density at radius 1 is 1.07 bits per heavy atom. The summed E-state index contributed by atoms with van der Waals surface area (Å²) in [5.41, 5.74) is 9.06. The van der Waals surface area contributed by atoms with Gasteiger partial charge in [-0.15, -0.1) is 0 Å². The zero-order valence-electron chi connectivity index (χ0n) is 23.8. The van der Waals surface area contributed by atoms with Crippen LogP contribution < -0.4 is 20.3 Å². The van der Waals surface area contributed by atoms with Crippen LogP contribution in [-0.4, -0.2) is 92.1 Å². The Hall–Kier alpha value is -3.42. The first-order valence-electron chi connectivity index (χ1n) is 14.2. The second kappa shape index (κ2) is 10.8. The number of likely N-dealkylation sites (tertiary alicyclic amines) is 1. The molecule has 2 unspecified atom stereocenters. The number of ether oxygens (including phenoxy) is 1. The third kappa shape index (κ3) is 5.70. The number of nitrogens with one attached hydrogen (secondary N) is 1. The van der Waals surface area contributed by atoms with Crippen molar-refractivity contribution < 1.29 is 17.9 Å². The molecule has 1 amide bonds. The maximum Gasteiger partial charge on any atom is 0.256 e. The highest BCUT2D eigenvalue weighted by Gasteiger charge is 2.35. The van der Waals surface area contributed by atoms with Gasteiger partial charge in [-0.1, -0.05) is 18.6 Å². The second-order valence-corrected chi connectivity index (χ2v) is 13.4. The molecule has 5 heterocycles. The number of nitrogens with two attached hydrogens (primary N) is 1. The third-order valence-corrected chi connectivity index (χ3v) is 8.69. The number of piperidine rings is 1. The van der Waals surface area contributed by atoms with Gasteiger partial charge in [-0.05, 0) is 37.8 Å². The van der Waals surface area contributed by atoms with Crippen LogP contribution in [0.25, 0.3) is 5.65 Å². The van der Waals surface area contributed by atoms with Crippen LogP contribution in [0, 0.1) is 12.8 Å². The van der Waals surface area contributed by atoms with Gasteiger partial charge in [0.15, 0.2) is 5.65 Å². The largest absolute Gasteiger partial charge is 0.378 e. The Kier molecular flexibility index (Phi) is 7.28. The van der Waals surface area contributed by atoms with E-state index in [2.05, 4.69) is 27.5 Å². The highest BCUT2D eigenvalue weighted by molar-refractivity contribution is 7.92. The van der Waals surface area contributed by atoms with Crippen LogP contribution >= 0.6 is 0 Å². The molecule has 0 bridgehead atoms. The van der Waals surface area contributed by atoms with Crippen molar-refractivity contribution in [2.24, 2.45) is 11.7 Å². The summed E-state index contributed by atoms with van der Waals surface area (Å²) in [6, 6.07) is 9.13. The zero-order chi connectivity index (χ0) is 28.9. The SMILES string of the molecule is Cc1ccc(NS(C)(=O)=O)c(C(=O)N2CC(C)CCC2c2cc3nc(N4CC(N)C4)cc(N4CCOCC4)n3n2)c1. The number of anilines is 3. The molecule has 0 saturated carbocycles. The molecule has 41 heavy (non-hydrogen) atoms. The quantitative estimate of drug-likeness (QED) is 0.447. The molecule has 3 fully saturated rings.